The first-order valence-corrected chi connectivity index (χ1v) is 4.79. The molecule has 1 fully saturated rings. The Morgan fingerprint density at radius 1 is 0.684 bits per heavy atom. The molecular weight excluding hydrogens is 326 g/mol. The van der Waals surface area contributed by atoms with E-state index in [1.54, 1.807) is 0 Å². The van der Waals surface area contributed by atoms with Gasteiger partial charge in [0.15, 0.2) is 6.10 Å². The Balaban J connectivity index is 3.55. The molecule has 1 saturated carbocycles. The molecule has 1 rings (SSSR count). The molecule has 0 spiro atoms. The molecule has 1 nitrogen and oxygen atoms in total. The maximum Gasteiger partial charge on any atom is 0.384 e. The van der Waals surface area contributed by atoms with Gasteiger partial charge in [0.1, 0.15) is 6.07 Å². The van der Waals surface area contributed by atoms with Gasteiger partial charge in [-0.2, -0.15) is 43.9 Å². The molecule has 0 atom stereocenters. The molecule has 0 unspecified atom stereocenters. The van der Waals surface area contributed by atoms with Gasteiger partial charge in [-0.1, -0.05) is 11.6 Å². The second-order valence-corrected chi connectivity index (χ2v) is 3.84. The summed E-state index contributed by atoms with van der Waals surface area (Å²) in [5, 5.41) is 0. The highest BCUT2D eigenvalue weighted by Gasteiger charge is 2.95. The summed E-state index contributed by atoms with van der Waals surface area (Å²) in [5.41, 5.74) is 0. The third-order valence-corrected chi connectivity index (χ3v) is 2.64. The molecule has 1 aliphatic carbocycles. The lowest BCUT2D eigenvalue weighted by Crippen LogP contribution is -2.80. The minimum Gasteiger partial charge on any atom is -0.349 e. The second kappa shape index (κ2) is 4.03. The Hall–Kier alpha value is -0.450. The average molecular weight is 329 g/mol. The fourth-order valence-electron chi connectivity index (χ4n) is 1.45. The first-order valence-electron chi connectivity index (χ1n) is 4.26. The Morgan fingerprint density at radius 2 is 1.00 bits per heavy atom. The Bertz CT molecular complexity index is 337. The van der Waals surface area contributed by atoms with Crippen LogP contribution in [-0.2, 0) is 4.74 Å². The first kappa shape index (κ1) is 16.6. The van der Waals surface area contributed by atoms with Gasteiger partial charge in [-0.15, -0.1) is 0 Å². The van der Waals surface area contributed by atoms with Gasteiger partial charge < -0.3 is 4.74 Å². The zero-order chi connectivity index (χ0) is 15.5. The van der Waals surface area contributed by atoms with Crippen LogP contribution in [0, 0.1) is 0 Å². The largest absolute Gasteiger partial charge is 0.384 e. The Kier molecular flexibility index (Phi) is 3.52. The quantitative estimate of drug-likeness (QED) is 0.554. The van der Waals surface area contributed by atoms with Crippen molar-refractivity contribution in [1.82, 2.24) is 0 Å². The van der Waals surface area contributed by atoms with Gasteiger partial charge in [0, 0.05) is 0 Å². The van der Waals surface area contributed by atoms with E-state index in [4.69, 9.17) is 0 Å². The molecule has 0 amide bonds. The van der Waals surface area contributed by atoms with E-state index in [1.165, 1.54) is 0 Å². The lowest BCUT2D eigenvalue weighted by atomic mass is 9.80. The minimum atomic E-state index is -6.97. The second-order valence-electron chi connectivity index (χ2n) is 3.62. The topological polar surface area (TPSA) is 9.23 Å². The van der Waals surface area contributed by atoms with Crippen molar-refractivity contribution in [2.24, 2.45) is 0 Å². The van der Waals surface area contributed by atoms with Gasteiger partial charge in [0.05, 0.1) is 0 Å². The van der Waals surface area contributed by atoms with E-state index in [-0.39, 0.29) is 0 Å². The van der Waals surface area contributed by atoms with Crippen LogP contribution in [0.3, 0.4) is 0 Å². The van der Waals surface area contributed by atoms with Crippen molar-refractivity contribution in [1.29, 1.82) is 0 Å². The molecule has 0 bridgehead atoms. The van der Waals surface area contributed by atoms with Gasteiger partial charge in [-0.25, -0.2) is 0 Å². The molecule has 1 aliphatic rings. The van der Waals surface area contributed by atoms with Crippen molar-refractivity contribution in [3.63, 3.8) is 0 Å². The third-order valence-electron chi connectivity index (χ3n) is 2.51. The van der Waals surface area contributed by atoms with E-state index in [1.807, 2.05) is 0 Å². The molecule has 0 radical (unpaired) electrons. The molecule has 0 aromatic carbocycles. The molecule has 12 heteroatoms. The Labute approximate surface area is 103 Å². The van der Waals surface area contributed by atoms with E-state index in [9.17, 15) is 43.9 Å². The maximum absolute atomic E-state index is 12.9. The summed E-state index contributed by atoms with van der Waals surface area (Å²) in [5.74, 6) is -33.0. The molecule has 0 heterocycles. The maximum atomic E-state index is 12.9. The van der Waals surface area contributed by atoms with Gasteiger partial charge >= 0.3 is 29.6 Å². The van der Waals surface area contributed by atoms with Crippen molar-refractivity contribution < 1.29 is 48.6 Å². The summed E-state index contributed by atoms with van der Waals surface area (Å²) < 4.78 is 131. The number of ether oxygens (including phenoxy) is 1. The predicted molar refractivity (Wildman–Crippen MR) is 40.3 cm³/mol. The van der Waals surface area contributed by atoms with Crippen LogP contribution in [0.15, 0.2) is 0 Å². The van der Waals surface area contributed by atoms with Crippen LogP contribution in [0.2, 0.25) is 0 Å². The molecule has 0 N–H and O–H groups in total. The fourth-order valence-corrected chi connectivity index (χ4v) is 1.57. The van der Waals surface area contributed by atoms with Gasteiger partial charge in [-0.3, -0.25) is 0 Å². The van der Waals surface area contributed by atoms with E-state index < -0.39 is 41.8 Å². The van der Waals surface area contributed by atoms with Crippen LogP contribution in [0.5, 0.6) is 0 Å². The molecule has 0 saturated heterocycles. The van der Waals surface area contributed by atoms with Crippen molar-refractivity contribution >= 4 is 11.6 Å². The lowest BCUT2D eigenvalue weighted by molar-refractivity contribution is -0.471. The minimum absolute atomic E-state index is 1.60. The molecule has 0 aromatic heterocycles. The molecule has 19 heavy (non-hydrogen) atoms. The molecule has 0 aliphatic heterocycles. The number of hydrogen-bond acceptors (Lipinski definition) is 1. The summed E-state index contributed by atoms with van der Waals surface area (Å²) in [7, 11) is 0. The highest BCUT2D eigenvalue weighted by molar-refractivity contribution is 6.17. The van der Waals surface area contributed by atoms with Gasteiger partial charge in [-0.05, 0) is 0 Å². The summed E-state index contributed by atoms with van der Waals surface area (Å²) in [6.45, 7) is 0. The van der Waals surface area contributed by atoms with Crippen LogP contribution in [0.1, 0.15) is 0 Å². The zero-order valence-electron chi connectivity index (χ0n) is 8.35. The summed E-state index contributed by atoms with van der Waals surface area (Å²) >= 11 is 4.58. The lowest BCUT2D eigenvalue weighted by Gasteiger charge is -2.48. The van der Waals surface area contributed by atoms with Crippen LogP contribution in [-0.4, -0.2) is 41.8 Å². The molecule has 114 valence electrons. The predicted octanol–water partition coefficient (Wildman–Crippen LogP) is 3.76. The fraction of sp³-hybridized carbons (Fsp3) is 1.00. The van der Waals surface area contributed by atoms with E-state index >= 15 is 0 Å². The third kappa shape index (κ3) is 1.66. The zero-order valence-corrected chi connectivity index (χ0v) is 9.11. The number of rotatable bonds is 2. The number of alkyl halides is 11. The number of hydrogen-bond donors (Lipinski definition) is 0. The monoisotopic (exact) mass is 328 g/mol. The van der Waals surface area contributed by atoms with E-state index in [0.29, 0.717) is 0 Å². The van der Waals surface area contributed by atoms with Crippen LogP contribution in [0.4, 0.5) is 43.9 Å². The van der Waals surface area contributed by atoms with Crippen LogP contribution in [0.25, 0.3) is 0 Å². The average Bonchev–Trinajstić information content (AvgIpc) is 2.22. The molecule has 0 aromatic rings. The standard InChI is InChI=1S/C7H3ClF10O/c8-1-19-2-3(9,10)5(13,14)7(17,18)6(15,16)4(2,11)12/h2H,1H2. The van der Waals surface area contributed by atoms with E-state index in [0.717, 1.165) is 0 Å². The first-order chi connectivity index (χ1) is 8.19. The number of halogens is 11. The summed E-state index contributed by atoms with van der Waals surface area (Å²) in [6, 6.07) is -1.60. The van der Waals surface area contributed by atoms with Crippen molar-refractivity contribution in [3.05, 3.63) is 0 Å². The smallest absolute Gasteiger partial charge is 0.349 e. The normalized spacial score (nSPS) is 31.1. The SMILES string of the molecule is FC1(F)C(OCCl)C(F)(F)C(F)(F)C(F)(F)C1(F)F. The molecular formula is C7H3ClF10O. The Morgan fingerprint density at radius 3 is 1.26 bits per heavy atom. The van der Waals surface area contributed by atoms with Crippen LogP contribution < -0.4 is 0 Å². The van der Waals surface area contributed by atoms with Gasteiger partial charge in [0.25, 0.3) is 0 Å². The van der Waals surface area contributed by atoms with Crippen molar-refractivity contribution in [2.45, 2.75) is 35.7 Å². The van der Waals surface area contributed by atoms with E-state index in [2.05, 4.69) is 16.3 Å². The summed E-state index contributed by atoms with van der Waals surface area (Å²) in [4.78, 5) is 0. The highest BCUT2D eigenvalue weighted by atomic mass is 35.5. The highest BCUT2D eigenvalue weighted by Crippen LogP contribution is 2.65. The van der Waals surface area contributed by atoms with Crippen molar-refractivity contribution in [2.75, 3.05) is 6.07 Å². The summed E-state index contributed by atoms with van der Waals surface area (Å²) in [6.07, 6.45) is -4.50. The van der Waals surface area contributed by atoms with Gasteiger partial charge in [0.2, 0.25) is 0 Å². The van der Waals surface area contributed by atoms with Crippen molar-refractivity contribution in [3.8, 4) is 0 Å². The van der Waals surface area contributed by atoms with Crippen LogP contribution >= 0.6 is 11.6 Å².